The maximum absolute atomic E-state index is 5.40. The molecule has 0 bridgehead atoms. The lowest BCUT2D eigenvalue weighted by atomic mass is 10.0. The van der Waals surface area contributed by atoms with Crippen LogP contribution in [0.25, 0.3) is 0 Å². The highest BCUT2D eigenvalue weighted by molar-refractivity contribution is 14.1. The molecule has 0 N–H and O–H groups in total. The van der Waals surface area contributed by atoms with Gasteiger partial charge in [-0.2, -0.15) is 0 Å². The van der Waals surface area contributed by atoms with E-state index in [0.29, 0.717) is 3.42 Å². The SMILES string of the molecule is CC1(I)CC2COCC2C1. The van der Waals surface area contributed by atoms with Gasteiger partial charge in [-0.25, -0.2) is 0 Å². The molecular weight excluding hydrogens is 239 g/mol. The number of hydrogen-bond acceptors (Lipinski definition) is 1. The van der Waals surface area contributed by atoms with E-state index in [-0.39, 0.29) is 0 Å². The number of fused-ring (bicyclic) bond motifs is 1. The molecule has 0 radical (unpaired) electrons. The minimum atomic E-state index is 0.580. The van der Waals surface area contributed by atoms with Crippen molar-refractivity contribution in [1.82, 2.24) is 0 Å². The van der Waals surface area contributed by atoms with Gasteiger partial charge < -0.3 is 4.74 Å². The van der Waals surface area contributed by atoms with Gasteiger partial charge in [-0.1, -0.05) is 29.5 Å². The molecule has 2 fully saturated rings. The molecule has 2 rings (SSSR count). The Morgan fingerprint density at radius 2 is 1.80 bits per heavy atom. The summed E-state index contributed by atoms with van der Waals surface area (Å²) in [6, 6.07) is 0. The van der Waals surface area contributed by atoms with E-state index >= 15 is 0 Å². The van der Waals surface area contributed by atoms with Crippen LogP contribution in [-0.4, -0.2) is 16.6 Å². The predicted octanol–water partition coefficient (Wildman–Crippen LogP) is 2.24. The smallest absolute Gasteiger partial charge is 0.0498 e. The van der Waals surface area contributed by atoms with E-state index in [0.717, 1.165) is 25.0 Å². The standard InChI is InChI=1S/C8H13IO/c1-8(9)2-6-4-10-5-7(6)3-8/h6-7H,2-5H2,1H3. The maximum Gasteiger partial charge on any atom is 0.0498 e. The molecule has 2 aliphatic rings. The molecule has 0 spiro atoms. The average molecular weight is 252 g/mol. The van der Waals surface area contributed by atoms with Gasteiger partial charge in [0, 0.05) is 16.6 Å². The van der Waals surface area contributed by atoms with Crippen LogP contribution < -0.4 is 0 Å². The molecule has 1 heterocycles. The largest absolute Gasteiger partial charge is 0.381 e. The van der Waals surface area contributed by atoms with Crippen LogP contribution in [0.3, 0.4) is 0 Å². The van der Waals surface area contributed by atoms with Crippen LogP contribution in [0, 0.1) is 11.8 Å². The van der Waals surface area contributed by atoms with E-state index in [2.05, 4.69) is 29.5 Å². The number of halogens is 1. The lowest BCUT2D eigenvalue weighted by Crippen LogP contribution is -2.11. The van der Waals surface area contributed by atoms with E-state index < -0.39 is 0 Å². The maximum atomic E-state index is 5.40. The van der Waals surface area contributed by atoms with Crippen LogP contribution in [0.2, 0.25) is 0 Å². The van der Waals surface area contributed by atoms with Crippen molar-refractivity contribution in [1.29, 1.82) is 0 Å². The normalized spacial score (nSPS) is 53.4. The zero-order chi connectivity index (χ0) is 7.19. The van der Waals surface area contributed by atoms with Crippen molar-refractivity contribution in [3.05, 3.63) is 0 Å². The first-order valence-corrected chi connectivity index (χ1v) is 5.02. The van der Waals surface area contributed by atoms with Crippen molar-refractivity contribution in [3.8, 4) is 0 Å². The zero-order valence-corrected chi connectivity index (χ0v) is 8.43. The van der Waals surface area contributed by atoms with Crippen molar-refractivity contribution >= 4 is 22.6 Å². The first-order valence-electron chi connectivity index (χ1n) is 3.94. The summed E-state index contributed by atoms with van der Waals surface area (Å²) in [6.07, 6.45) is 2.75. The summed E-state index contributed by atoms with van der Waals surface area (Å²) in [4.78, 5) is 0. The molecule has 1 saturated carbocycles. The summed E-state index contributed by atoms with van der Waals surface area (Å²) in [5.74, 6) is 1.78. The quantitative estimate of drug-likeness (QED) is 0.474. The molecular formula is C8H13IO. The first kappa shape index (κ1) is 7.35. The Hall–Kier alpha value is 0.690. The molecule has 1 aliphatic heterocycles. The third kappa shape index (κ3) is 1.20. The van der Waals surface area contributed by atoms with Crippen molar-refractivity contribution < 1.29 is 4.74 Å². The van der Waals surface area contributed by atoms with Crippen molar-refractivity contribution in [2.45, 2.75) is 23.2 Å². The van der Waals surface area contributed by atoms with Crippen LogP contribution in [0.5, 0.6) is 0 Å². The molecule has 1 nitrogen and oxygen atoms in total. The first-order chi connectivity index (χ1) is 4.67. The van der Waals surface area contributed by atoms with Crippen LogP contribution in [-0.2, 0) is 4.74 Å². The predicted molar refractivity (Wildman–Crippen MR) is 49.5 cm³/mol. The molecule has 1 aliphatic carbocycles. The van der Waals surface area contributed by atoms with Crippen molar-refractivity contribution in [2.24, 2.45) is 11.8 Å². The van der Waals surface area contributed by atoms with E-state index in [4.69, 9.17) is 4.74 Å². The number of hydrogen-bond donors (Lipinski definition) is 0. The van der Waals surface area contributed by atoms with Gasteiger partial charge in [-0.3, -0.25) is 0 Å². The molecule has 2 unspecified atom stereocenters. The van der Waals surface area contributed by atoms with Gasteiger partial charge in [0.2, 0.25) is 0 Å². The Labute approximate surface area is 75.7 Å². The van der Waals surface area contributed by atoms with Gasteiger partial charge in [0.1, 0.15) is 0 Å². The second-order valence-electron chi connectivity index (χ2n) is 3.88. The van der Waals surface area contributed by atoms with Gasteiger partial charge in [-0.05, 0) is 24.7 Å². The molecule has 0 aromatic heterocycles. The Morgan fingerprint density at radius 3 is 2.30 bits per heavy atom. The van der Waals surface area contributed by atoms with Crippen LogP contribution >= 0.6 is 22.6 Å². The lowest BCUT2D eigenvalue weighted by Gasteiger charge is -2.15. The van der Waals surface area contributed by atoms with E-state index in [1.165, 1.54) is 12.8 Å². The number of alkyl halides is 1. The van der Waals surface area contributed by atoms with Crippen LogP contribution in [0.15, 0.2) is 0 Å². The highest BCUT2D eigenvalue weighted by Gasteiger charge is 2.43. The van der Waals surface area contributed by atoms with Gasteiger partial charge in [0.05, 0.1) is 0 Å². The summed E-state index contributed by atoms with van der Waals surface area (Å²) >= 11 is 2.60. The number of rotatable bonds is 0. The Bertz CT molecular complexity index is 130. The second kappa shape index (κ2) is 2.34. The van der Waals surface area contributed by atoms with Crippen molar-refractivity contribution in [2.75, 3.05) is 13.2 Å². The molecule has 2 atom stereocenters. The summed E-state index contributed by atoms with van der Waals surface area (Å²) < 4.78 is 5.98. The molecule has 58 valence electrons. The molecule has 0 amide bonds. The Morgan fingerprint density at radius 1 is 1.30 bits per heavy atom. The van der Waals surface area contributed by atoms with E-state index in [1.807, 2.05) is 0 Å². The molecule has 0 aromatic rings. The average Bonchev–Trinajstić information content (AvgIpc) is 2.20. The van der Waals surface area contributed by atoms with Gasteiger partial charge in [0.25, 0.3) is 0 Å². The monoisotopic (exact) mass is 252 g/mol. The fraction of sp³-hybridized carbons (Fsp3) is 1.00. The van der Waals surface area contributed by atoms with Crippen LogP contribution in [0.4, 0.5) is 0 Å². The fourth-order valence-corrected chi connectivity index (χ4v) is 3.40. The minimum Gasteiger partial charge on any atom is -0.381 e. The zero-order valence-electron chi connectivity index (χ0n) is 6.27. The molecule has 1 saturated heterocycles. The fourth-order valence-electron chi connectivity index (χ4n) is 2.27. The Balaban J connectivity index is 2.07. The highest BCUT2D eigenvalue weighted by Crippen LogP contribution is 2.47. The topological polar surface area (TPSA) is 9.23 Å². The van der Waals surface area contributed by atoms with Gasteiger partial charge in [0.15, 0.2) is 0 Å². The minimum absolute atomic E-state index is 0.580. The van der Waals surface area contributed by atoms with E-state index in [9.17, 15) is 0 Å². The summed E-state index contributed by atoms with van der Waals surface area (Å²) in [5, 5.41) is 0. The highest BCUT2D eigenvalue weighted by atomic mass is 127. The molecule has 0 aromatic carbocycles. The van der Waals surface area contributed by atoms with Crippen molar-refractivity contribution in [3.63, 3.8) is 0 Å². The summed E-state index contributed by atoms with van der Waals surface area (Å²) in [6.45, 7) is 4.43. The third-order valence-corrected chi connectivity index (χ3v) is 3.59. The van der Waals surface area contributed by atoms with Gasteiger partial charge >= 0.3 is 0 Å². The summed E-state index contributed by atoms with van der Waals surface area (Å²) in [7, 11) is 0. The Kier molecular flexibility index (Phi) is 1.72. The third-order valence-electron chi connectivity index (χ3n) is 2.71. The molecule has 10 heavy (non-hydrogen) atoms. The lowest BCUT2D eigenvalue weighted by molar-refractivity contribution is 0.171. The molecule has 2 heteroatoms. The second-order valence-corrected chi connectivity index (χ2v) is 6.48. The van der Waals surface area contributed by atoms with Gasteiger partial charge in [-0.15, -0.1) is 0 Å². The number of ether oxygens (including phenoxy) is 1. The van der Waals surface area contributed by atoms with Crippen LogP contribution in [0.1, 0.15) is 19.8 Å². The summed E-state index contributed by atoms with van der Waals surface area (Å²) in [5.41, 5.74) is 0. The van der Waals surface area contributed by atoms with E-state index in [1.54, 1.807) is 0 Å².